The Balaban J connectivity index is 0.00000564. The monoisotopic (exact) mass is 1410 g/mol. The summed E-state index contributed by atoms with van der Waals surface area (Å²) in [6.45, 7) is 0. The van der Waals surface area contributed by atoms with Gasteiger partial charge in [-0.1, -0.05) is 24.3 Å². The number of para-hydroxylation sites is 2. The van der Waals surface area contributed by atoms with Crippen molar-refractivity contribution in [3.8, 4) is 0 Å². The molecule has 0 spiro atoms. The van der Waals surface area contributed by atoms with Crippen LogP contribution in [0.3, 0.4) is 0 Å². The summed E-state index contributed by atoms with van der Waals surface area (Å²) in [5.41, 5.74) is -1.49. The van der Waals surface area contributed by atoms with Crippen molar-refractivity contribution in [2.75, 3.05) is 38.7 Å². The zero-order valence-electron chi connectivity index (χ0n) is 44.5. The molecule has 0 atom stereocenters. The first kappa shape index (κ1) is 70.2. The molecule has 0 amide bonds. The van der Waals surface area contributed by atoms with Crippen molar-refractivity contribution in [1.82, 2.24) is 29.9 Å². The van der Waals surface area contributed by atoms with Gasteiger partial charge in [-0.05, 0) is 119 Å². The summed E-state index contributed by atoms with van der Waals surface area (Å²) in [7, 11) is -29.5. The summed E-state index contributed by atoms with van der Waals surface area (Å²) in [5, 5.41) is 14.4. The van der Waals surface area contributed by atoms with Gasteiger partial charge in [0.25, 0.3) is 60.7 Å². The van der Waals surface area contributed by atoms with Gasteiger partial charge < -0.3 is 20.9 Å². The van der Waals surface area contributed by atoms with E-state index in [0.29, 0.717) is 30.0 Å². The maximum Gasteiger partial charge on any atom is 1.00 e. The van der Waals surface area contributed by atoms with E-state index in [0.717, 1.165) is 36.4 Å². The maximum atomic E-state index is 14.2. The van der Waals surface area contributed by atoms with Gasteiger partial charge in [0.2, 0.25) is 45.9 Å². The van der Waals surface area contributed by atoms with E-state index in [1.165, 1.54) is 60.5 Å². The number of anilines is 10. The summed E-state index contributed by atoms with van der Waals surface area (Å²) < 4.78 is 208. The standard InChI is InChI=1S/C45H32Cl2N14O20S6.K.Na/c1-61(45-54-41(47)53-44(56-45)50-29-19-25(83(67,68)69)15-21-17-33(87(79,80)81)37(39(63)35(21)29)60-58-27-7-3-5-9-31(27)85(73,74)75)23-12-10-22(11-13-23)48-42-51-40(46)52-43(55-42)49-28-18-24(82(64,65)66)14-20-16-32(86(76,77)78)36(38(62)34(20)28)59-57-26-6-2-4-8-30(26)84(70,71)72;;/h2-19,57-58H,1H3,(H,64,65,66)(H,67,68,69)(H,70,71,72)(H,73,74,75)(H,76,77,78)(H,79,80,81)(H,50,53,54,56)(H2,48,49,51,52,55);;/q;2*+1/b59-36+,60-37+;;. The molecule has 452 valence electrons. The Hall–Kier alpha value is -6.24. The molecule has 2 aliphatic rings. The molecule has 0 saturated carbocycles. The SMILES string of the molecule is CN(c1ccc(Nc2nc(Cl)nc(Nc3cc(S(=O)(=O)O)cc4c3C(=O)/C(=N/Nc3ccccc3S(=O)(=O)O)C(S(=O)(=O)O)=C4)n2)cc1)c1nc(Cl)nc(Nc2cc(S(=O)(=O)O)cc3c2C(=O)/C(=N/Nc2ccccc2S(=O)(=O)O)C(S(=O)(=O)O)=C3)n1.[K+].[Na+]. The largest absolute Gasteiger partial charge is 1.00 e. The van der Waals surface area contributed by atoms with E-state index in [1.54, 1.807) is 0 Å². The molecule has 0 unspecified atom stereocenters. The Bertz CT molecular complexity index is 5020. The van der Waals surface area contributed by atoms with Gasteiger partial charge in [0, 0.05) is 18.4 Å². The number of carbonyl (C=O) groups excluding carboxylic acids is 2. The van der Waals surface area contributed by atoms with Crippen LogP contribution in [-0.2, 0) is 60.7 Å². The quantitative estimate of drug-likeness (QED) is 0.0283. The Labute approximate surface area is 576 Å². The second kappa shape index (κ2) is 26.5. The van der Waals surface area contributed by atoms with Crippen LogP contribution in [0.1, 0.15) is 31.8 Å². The van der Waals surface area contributed by atoms with E-state index in [-0.39, 0.29) is 98.5 Å². The number of benzene rings is 5. The summed E-state index contributed by atoms with van der Waals surface area (Å²) in [4.78, 5) is 48.6. The number of hydrogen-bond donors (Lipinski definition) is 11. The van der Waals surface area contributed by atoms with E-state index in [2.05, 4.69) is 66.9 Å². The minimum absolute atomic E-state index is 0. The van der Waals surface area contributed by atoms with Gasteiger partial charge in [0.1, 0.15) is 19.6 Å². The molecular formula is C45H32Cl2KN14NaO20S6+2. The number of Topliss-reactive ketones (excluding diaryl/α,β-unsaturated/α-hetero) is 2. The first-order chi connectivity index (χ1) is 40.4. The summed E-state index contributed by atoms with van der Waals surface area (Å²) in [6.07, 6.45) is 1.24. The predicted octanol–water partition coefficient (Wildman–Crippen LogP) is -0.857. The third-order valence-corrected chi connectivity index (χ3v) is 17.3. The van der Waals surface area contributed by atoms with Crippen LogP contribution in [0.5, 0.6) is 0 Å². The van der Waals surface area contributed by atoms with Crippen molar-refractivity contribution in [1.29, 1.82) is 0 Å². The number of hydrazone groups is 2. The normalized spacial score (nSPS) is 14.5. The fourth-order valence-electron chi connectivity index (χ4n) is 8.05. The molecule has 0 fully saturated rings. The fraction of sp³-hybridized carbons (Fsp3) is 0.0222. The smallest absolute Gasteiger partial charge is 0.324 e. The number of allylic oxidation sites excluding steroid dienone is 2. The Morgan fingerprint density at radius 2 is 0.843 bits per heavy atom. The van der Waals surface area contributed by atoms with Gasteiger partial charge >= 0.3 is 80.9 Å². The van der Waals surface area contributed by atoms with Crippen LogP contribution in [0, 0.1) is 0 Å². The van der Waals surface area contributed by atoms with Crippen molar-refractivity contribution < 1.29 is 168 Å². The molecule has 5 aromatic carbocycles. The zero-order valence-corrected chi connectivity index (χ0v) is 56.1. The first-order valence-corrected chi connectivity index (χ1v) is 32.4. The molecule has 9 rings (SSSR count). The Kier molecular flexibility index (Phi) is 20.9. The van der Waals surface area contributed by atoms with Crippen LogP contribution < -0.4 is 113 Å². The number of halogens is 2. The predicted molar refractivity (Wildman–Crippen MR) is 309 cm³/mol. The topological polar surface area (TPSA) is 526 Å². The minimum Gasteiger partial charge on any atom is -0.324 e. The average Bonchev–Trinajstić information content (AvgIpc) is 1.42. The Morgan fingerprint density at radius 1 is 0.461 bits per heavy atom. The van der Waals surface area contributed by atoms with Crippen LogP contribution in [0.15, 0.2) is 137 Å². The molecule has 0 bridgehead atoms. The number of nitrogens with one attached hydrogen (secondary N) is 5. The van der Waals surface area contributed by atoms with Crippen molar-refractivity contribution >= 4 is 177 Å². The summed E-state index contributed by atoms with van der Waals surface area (Å²) in [6, 6.07) is 17.7. The van der Waals surface area contributed by atoms with Crippen LogP contribution in [-0.4, -0.2) is 138 Å². The van der Waals surface area contributed by atoms with Crippen LogP contribution in [0.25, 0.3) is 12.2 Å². The maximum absolute atomic E-state index is 14.2. The van der Waals surface area contributed by atoms with E-state index in [9.17, 15) is 87.4 Å². The van der Waals surface area contributed by atoms with Crippen molar-refractivity contribution in [2.24, 2.45) is 10.2 Å². The third kappa shape index (κ3) is 16.1. The third-order valence-electron chi connectivity index (χ3n) is 11.8. The number of nitrogens with zero attached hydrogens (tertiary/aromatic N) is 9. The van der Waals surface area contributed by atoms with Gasteiger partial charge in [-0.15, -0.1) is 0 Å². The number of rotatable bonds is 18. The van der Waals surface area contributed by atoms with Gasteiger partial charge in [0.15, 0.2) is 11.4 Å². The molecular weight excluding hydrogens is 1380 g/mol. The molecule has 0 saturated heterocycles. The molecule has 44 heteroatoms. The number of carbonyl (C=O) groups is 2. The second-order valence-corrected chi connectivity index (χ2v) is 26.6. The minimum atomic E-state index is -5.40. The molecule has 34 nitrogen and oxygen atoms in total. The van der Waals surface area contributed by atoms with Crippen molar-refractivity contribution in [2.45, 2.75) is 19.6 Å². The average molecular weight is 1410 g/mol. The van der Waals surface area contributed by atoms with E-state index in [4.69, 9.17) is 23.2 Å². The second-order valence-electron chi connectivity index (χ2n) is 17.5. The number of hydrogen-bond acceptors (Lipinski definition) is 28. The molecule has 2 aliphatic carbocycles. The van der Waals surface area contributed by atoms with Crippen LogP contribution in [0.4, 0.5) is 57.9 Å². The van der Waals surface area contributed by atoms with E-state index < -0.39 is 181 Å². The molecule has 0 radical (unpaired) electrons. The molecule has 0 aliphatic heterocycles. The number of ketones is 2. The Morgan fingerprint density at radius 3 is 1.24 bits per heavy atom. The van der Waals surface area contributed by atoms with Gasteiger partial charge in [0.05, 0.1) is 43.7 Å². The summed E-state index contributed by atoms with van der Waals surface area (Å²) >= 11 is 12.6. The van der Waals surface area contributed by atoms with Crippen molar-refractivity contribution in [3.05, 3.63) is 140 Å². The molecule has 89 heavy (non-hydrogen) atoms. The zero-order chi connectivity index (χ0) is 63.5. The van der Waals surface area contributed by atoms with E-state index in [1.807, 2.05) is 0 Å². The van der Waals surface area contributed by atoms with Gasteiger partial charge in [-0.2, -0.15) is 90.6 Å². The van der Waals surface area contributed by atoms with Gasteiger partial charge in [-0.3, -0.25) is 47.8 Å². The molecule has 2 aromatic heterocycles. The molecule has 2 heterocycles. The van der Waals surface area contributed by atoms with Gasteiger partial charge in [-0.25, -0.2) is 0 Å². The fourth-order valence-corrected chi connectivity index (χ4v) is 12.1. The molecule has 7 aromatic rings. The van der Waals surface area contributed by atoms with E-state index >= 15 is 0 Å². The number of aromatic nitrogens is 6. The number of fused-ring (bicyclic) bond motifs is 2. The first-order valence-electron chi connectivity index (χ1n) is 23.0. The van der Waals surface area contributed by atoms with Crippen LogP contribution >= 0.6 is 23.2 Å². The summed E-state index contributed by atoms with van der Waals surface area (Å²) in [5.74, 6) is -4.27. The van der Waals surface area contributed by atoms with Crippen LogP contribution in [0.2, 0.25) is 10.6 Å². The van der Waals surface area contributed by atoms with Crippen molar-refractivity contribution in [3.63, 3.8) is 0 Å². The molecule has 11 N–H and O–H groups in total.